The molecule has 3 rings (SSSR count). The van der Waals surface area contributed by atoms with E-state index in [1.54, 1.807) is 24.3 Å². The van der Waals surface area contributed by atoms with Gasteiger partial charge in [0.15, 0.2) is 5.11 Å². The van der Waals surface area contributed by atoms with Crippen molar-refractivity contribution < 1.29 is 14.4 Å². The third-order valence-corrected chi connectivity index (χ3v) is 4.75. The number of halogens is 1. The lowest BCUT2D eigenvalue weighted by molar-refractivity contribution is -0.921. The van der Waals surface area contributed by atoms with E-state index in [0.717, 1.165) is 38.5 Å². The Labute approximate surface area is 163 Å². The van der Waals surface area contributed by atoms with Gasteiger partial charge in [0.25, 0.3) is 5.91 Å². The van der Waals surface area contributed by atoms with E-state index in [-0.39, 0.29) is 11.0 Å². The quantitative estimate of drug-likeness (QED) is 0.698. The highest BCUT2D eigenvalue weighted by Crippen LogP contribution is 2.15. The highest BCUT2D eigenvalue weighted by Gasteiger charge is 2.14. The Balaban J connectivity index is 1.52. The van der Waals surface area contributed by atoms with Crippen LogP contribution in [0.5, 0.6) is 0 Å². The van der Waals surface area contributed by atoms with E-state index >= 15 is 0 Å². The van der Waals surface area contributed by atoms with Crippen LogP contribution in [0.2, 0.25) is 5.02 Å². The monoisotopic (exact) mass is 390 g/mol. The Bertz CT molecular complexity index is 777. The molecule has 0 aromatic heterocycles. The number of benzene rings is 2. The van der Waals surface area contributed by atoms with Crippen molar-refractivity contribution >= 4 is 40.5 Å². The summed E-state index contributed by atoms with van der Waals surface area (Å²) in [5.41, 5.74) is 2.48. The minimum absolute atomic E-state index is 0.237. The van der Waals surface area contributed by atoms with Crippen LogP contribution >= 0.6 is 23.8 Å². The number of hydrogen-bond donors (Lipinski definition) is 3. The van der Waals surface area contributed by atoms with Crippen molar-refractivity contribution in [2.24, 2.45) is 0 Å². The van der Waals surface area contributed by atoms with Crippen LogP contribution in [0.4, 0.5) is 5.69 Å². The molecule has 0 radical (unpaired) electrons. The summed E-state index contributed by atoms with van der Waals surface area (Å²) in [6.07, 6.45) is 0. The largest absolute Gasteiger partial charge is 0.370 e. The van der Waals surface area contributed by atoms with E-state index in [1.807, 2.05) is 12.1 Å². The molecule has 0 saturated carbocycles. The Morgan fingerprint density at radius 2 is 1.81 bits per heavy atom. The summed E-state index contributed by atoms with van der Waals surface area (Å²) in [5.74, 6) is -0.333. The van der Waals surface area contributed by atoms with Gasteiger partial charge in [-0.3, -0.25) is 10.1 Å². The van der Waals surface area contributed by atoms with Gasteiger partial charge in [0.05, 0.1) is 23.8 Å². The number of carbonyl (C=O) groups excluding carboxylic acids is 1. The highest BCUT2D eigenvalue weighted by molar-refractivity contribution is 7.80. The Morgan fingerprint density at radius 1 is 1.12 bits per heavy atom. The predicted octanol–water partition coefficient (Wildman–Crippen LogP) is 1.88. The SMILES string of the molecule is O=C(NC(=S)Nc1ccc(C[NH+]2CCOCC2)cc1)c1ccccc1Cl. The van der Waals surface area contributed by atoms with Gasteiger partial charge >= 0.3 is 0 Å². The maximum absolute atomic E-state index is 12.2. The van der Waals surface area contributed by atoms with E-state index in [0.29, 0.717) is 10.6 Å². The molecule has 1 amide bonds. The molecule has 136 valence electrons. The fourth-order valence-corrected chi connectivity index (χ4v) is 3.24. The maximum atomic E-state index is 12.2. The van der Waals surface area contributed by atoms with Crippen LogP contribution in [0.15, 0.2) is 48.5 Å². The van der Waals surface area contributed by atoms with Crippen LogP contribution in [-0.4, -0.2) is 37.3 Å². The van der Waals surface area contributed by atoms with Gasteiger partial charge < -0.3 is 15.0 Å². The zero-order chi connectivity index (χ0) is 18.4. The minimum Gasteiger partial charge on any atom is -0.370 e. The van der Waals surface area contributed by atoms with Crippen molar-refractivity contribution in [2.45, 2.75) is 6.54 Å². The van der Waals surface area contributed by atoms with Crippen molar-refractivity contribution in [3.05, 3.63) is 64.7 Å². The standard InChI is InChI=1S/C19H20ClN3O2S/c20-17-4-2-1-3-16(17)18(24)22-19(26)21-15-7-5-14(6-8-15)13-23-9-11-25-12-10-23/h1-8H,9-13H2,(H2,21,22,24,26)/p+1. The number of amides is 1. The van der Waals surface area contributed by atoms with Gasteiger partial charge in [-0.2, -0.15) is 0 Å². The summed E-state index contributed by atoms with van der Waals surface area (Å²) in [4.78, 5) is 13.7. The van der Waals surface area contributed by atoms with Crippen molar-refractivity contribution in [3.8, 4) is 0 Å². The van der Waals surface area contributed by atoms with Crippen LogP contribution in [-0.2, 0) is 11.3 Å². The van der Waals surface area contributed by atoms with Gasteiger partial charge in [-0.25, -0.2) is 0 Å². The molecule has 3 N–H and O–H groups in total. The first-order valence-electron chi connectivity index (χ1n) is 8.49. The van der Waals surface area contributed by atoms with Crippen molar-refractivity contribution in [1.82, 2.24) is 5.32 Å². The molecule has 7 heteroatoms. The summed E-state index contributed by atoms with van der Waals surface area (Å²) in [5, 5.41) is 6.30. The number of quaternary nitrogens is 1. The van der Waals surface area contributed by atoms with Crippen molar-refractivity contribution in [3.63, 3.8) is 0 Å². The van der Waals surface area contributed by atoms with Crippen LogP contribution < -0.4 is 15.5 Å². The lowest BCUT2D eigenvalue weighted by atomic mass is 10.2. The molecule has 0 unspecified atom stereocenters. The van der Waals surface area contributed by atoms with Crippen molar-refractivity contribution in [1.29, 1.82) is 0 Å². The van der Waals surface area contributed by atoms with Crippen LogP contribution in [0.3, 0.4) is 0 Å². The zero-order valence-electron chi connectivity index (χ0n) is 14.3. The van der Waals surface area contributed by atoms with Gasteiger partial charge in [-0.05, 0) is 36.5 Å². The third kappa shape index (κ3) is 5.25. The average molecular weight is 391 g/mol. The van der Waals surface area contributed by atoms with Gasteiger partial charge in [-0.1, -0.05) is 35.9 Å². The first-order valence-corrected chi connectivity index (χ1v) is 9.27. The van der Waals surface area contributed by atoms with Crippen LogP contribution in [0.25, 0.3) is 0 Å². The molecule has 2 aromatic carbocycles. The predicted molar refractivity (Wildman–Crippen MR) is 107 cm³/mol. The molecule has 0 atom stereocenters. The number of hydrogen-bond acceptors (Lipinski definition) is 3. The fourth-order valence-electron chi connectivity index (χ4n) is 2.81. The van der Waals surface area contributed by atoms with Gasteiger partial charge in [0.1, 0.15) is 19.6 Å². The molecule has 1 aliphatic heterocycles. The number of thiocarbonyl (C=S) groups is 1. The number of morpholine rings is 1. The zero-order valence-corrected chi connectivity index (χ0v) is 15.8. The molecule has 5 nitrogen and oxygen atoms in total. The number of rotatable bonds is 4. The summed E-state index contributed by atoms with van der Waals surface area (Å²) in [6.45, 7) is 4.72. The summed E-state index contributed by atoms with van der Waals surface area (Å²) < 4.78 is 5.38. The average Bonchev–Trinajstić information content (AvgIpc) is 2.64. The number of ether oxygens (including phenoxy) is 1. The number of anilines is 1. The van der Waals surface area contributed by atoms with Crippen LogP contribution in [0, 0.1) is 0 Å². The third-order valence-electron chi connectivity index (χ3n) is 4.21. The Morgan fingerprint density at radius 3 is 2.50 bits per heavy atom. The lowest BCUT2D eigenvalue weighted by Crippen LogP contribution is -3.12. The smallest absolute Gasteiger partial charge is 0.258 e. The molecule has 2 aromatic rings. The van der Waals surface area contributed by atoms with Crippen LogP contribution in [0.1, 0.15) is 15.9 Å². The first kappa shape index (κ1) is 18.8. The summed E-state index contributed by atoms with van der Waals surface area (Å²) >= 11 is 11.2. The van der Waals surface area contributed by atoms with E-state index in [1.165, 1.54) is 10.5 Å². The Kier molecular flexibility index (Phi) is 6.57. The van der Waals surface area contributed by atoms with Gasteiger partial charge in [-0.15, -0.1) is 0 Å². The second kappa shape index (κ2) is 9.09. The topological polar surface area (TPSA) is 54.8 Å². The van der Waals surface area contributed by atoms with E-state index in [9.17, 15) is 4.79 Å². The Hall–Kier alpha value is -1.99. The molecular weight excluding hydrogens is 370 g/mol. The molecule has 0 bridgehead atoms. The maximum Gasteiger partial charge on any atom is 0.258 e. The van der Waals surface area contributed by atoms with E-state index in [2.05, 4.69) is 22.8 Å². The van der Waals surface area contributed by atoms with Crippen molar-refractivity contribution in [2.75, 3.05) is 31.6 Å². The second-order valence-corrected chi connectivity index (χ2v) is 6.94. The lowest BCUT2D eigenvalue weighted by Gasteiger charge is -2.23. The molecule has 1 aliphatic rings. The van der Waals surface area contributed by atoms with Gasteiger partial charge in [0, 0.05) is 11.3 Å². The summed E-state index contributed by atoms with van der Waals surface area (Å²) in [6, 6.07) is 14.9. The molecule has 1 heterocycles. The normalized spacial score (nSPS) is 14.7. The van der Waals surface area contributed by atoms with E-state index < -0.39 is 0 Å². The number of carbonyl (C=O) groups is 1. The molecule has 0 spiro atoms. The van der Waals surface area contributed by atoms with E-state index in [4.69, 9.17) is 28.6 Å². The minimum atomic E-state index is -0.333. The molecule has 26 heavy (non-hydrogen) atoms. The fraction of sp³-hybridized carbons (Fsp3) is 0.263. The molecule has 1 saturated heterocycles. The van der Waals surface area contributed by atoms with Gasteiger partial charge in [0.2, 0.25) is 0 Å². The second-order valence-electron chi connectivity index (χ2n) is 6.12. The molecular formula is C19H21ClN3O2S+. The summed E-state index contributed by atoms with van der Waals surface area (Å²) in [7, 11) is 0. The molecule has 0 aliphatic carbocycles. The number of nitrogens with one attached hydrogen (secondary N) is 3. The highest BCUT2D eigenvalue weighted by atomic mass is 35.5. The molecule has 1 fully saturated rings. The first-order chi connectivity index (χ1) is 12.6.